The molecule has 0 heterocycles. The topological polar surface area (TPSA) is 49.9 Å². The van der Waals surface area contributed by atoms with Crippen LogP contribution in [-0.4, -0.2) is 12.4 Å². The lowest BCUT2D eigenvalue weighted by Gasteiger charge is -2.01. The molecule has 7 heteroatoms. The van der Waals surface area contributed by atoms with Crippen LogP contribution in [0.1, 0.15) is 12.5 Å². The highest BCUT2D eigenvalue weighted by atomic mass is 35.5. The van der Waals surface area contributed by atoms with Gasteiger partial charge in [-0.25, -0.2) is 4.39 Å². The normalized spacial score (nSPS) is 12.1. The standard InChI is InChI=1S/C9H8ClFN2.C2H3F3/c10-8(5-12)9(13)6-2-1-3-7(11)4-6;1-2(3,4)5/h1-5,12H,13H2;1H3/b9-8+,12-5?;. The summed E-state index contributed by atoms with van der Waals surface area (Å²) in [6.07, 6.45) is -3.08. The van der Waals surface area contributed by atoms with E-state index in [1.165, 1.54) is 18.2 Å². The minimum atomic E-state index is -4.00. The summed E-state index contributed by atoms with van der Waals surface area (Å²) in [6.45, 7) is 0.188. The van der Waals surface area contributed by atoms with Crippen LogP contribution in [-0.2, 0) is 0 Å². The Morgan fingerprint density at radius 3 is 2.28 bits per heavy atom. The van der Waals surface area contributed by atoms with E-state index in [9.17, 15) is 17.6 Å². The van der Waals surface area contributed by atoms with Crippen molar-refractivity contribution in [1.82, 2.24) is 0 Å². The van der Waals surface area contributed by atoms with E-state index in [4.69, 9.17) is 22.7 Å². The fourth-order valence-electron chi connectivity index (χ4n) is 0.872. The van der Waals surface area contributed by atoms with Gasteiger partial charge >= 0.3 is 6.18 Å². The van der Waals surface area contributed by atoms with Gasteiger partial charge in [0.25, 0.3) is 0 Å². The molecule has 0 radical (unpaired) electrons. The van der Waals surface area contributed by atoms with Crippen LogP contribution in [0.3, 0.4) is 0 Å². The predicted octanol–water partition coefficient (Wildman–Crippen LogP) is 3.91. The van der Waals surface area contributed by atoms with Crippen molar-refractivity contribution in [2.75, 3.05) is 0 Å². The van der Waals surface area contributed by atoms with Crippen LogP contribution in [0, 0.1) is 11.2 Å². The van der Waals surface area contributed by atoms with Crippen LogP contribution in [0.25, 0.3) is 5.70 Å². The molecule has 1 aromatic rings. The van der Waals surface area contributed by atoms with Gasteiger partial charge in [-0.05, 0) is 12.1 Å². The smallest absolute Gasteiger partial charge is 0.386 e. The monoisotopic (exact) mass is 282 g/mol. The lowest BCUT2D eigenvalue weighted by molar-refractivity contribution is -0.110. The fourth-order valence-corrected chi connectivity index (χ4v) is 0.981. The van der Waals surface area contributed by atoms with E-state index in [0.717, 1.165) is 6.21 Å². The van der Waals surface area contributed by atoms with Gasteiger partial charge < -0.3 is 11.1 Å². The largest absolute Gasteiger partial charge is 0.397 e. The Bertz CT molecular complexity index is 435. The van der Waals surface area contributed by atoms with Crippen molar-refractivity contribution in [3.05, 3.63) is 40.7 Å². The van der Waals surface area contributed by atoms with Gasteiger partial charge in [-0.3, -0.25) is 0 Å². The van der Waals surface area contributed by atoms with Crippen molar-refractivity contribution in [3.8, 4) is 0 Å². The highest BCUT2D eigenvalue weighted by Gasteiger charge is 2.15. The van der Waals surface area contributed by atoms with Crippen LogP contribution in [0.5, 0.6) is 0 Å². The molecule has 0 unspecified atom stereocenters. The van der Waals surface area contributed by atoms with Gasteiger partial charge in [0, 0.05) is 18.7 Å². The van der Waals surface area contributed by atoms with E-state index in [-0.39, 0.29) is 23.5 Å². The van der Waals surface area contributed by atoms with E-state index in [2.05, 4.69) is 0 Å². The minimum absolute atomic E-state index is 0.102. The van der Waals surface area contributed by atoms with Gasteiger partial charge in [0.2, 0.25) is 0 Å². The first kappa shape index (κ1) is 16.4. The molecule has 2 nitrogen and oxygen atoms in total. The zero-order chi connectivity index (χ0) is 14.3. The third kappa shape index (κ3) is 7.67. The lowest BCUT2D eigenvalue weighted by Crippen LogP contribution is -1.99. The van der Waals surface area contributed by atoms with Crippen molar-refractivity contribution in [3.63, 3.8) is 0 Å². The molecule has 0 amide bonds. The number of halogens is 5. The second-order valence-electron chi connectivity index (χ2n) is 3.20. The highest BCUT2D eigenvalue weighted by molar-refractivity contribution is 6.41. The average Bonchev–Trinajstić information content (AvgIpc) is 2.24. The molecule has 0 bridgehead atoms. The summed E-state index contributed by atoms with van der Waals surface area (Å²) >= 11 is 5.59. The zero-order valence-corrected chi connectivity index (χ0v) is 10.1. The van der Waals surface area contributed by atoms with Crippen LogP contribution in [0.15, 0.2) is 29.3 Å². The van der Waals surface area contributed by atoms with E-state index < -0.39 is 6.18 Å². The quantitative estimate of drug-likeness (QED) is 0.627. The van der Waals surface area contributed by atoms with E-state index in [1.54, 1.807) is 6.07 Å². The Kier molecular flexibility index (Phi) is 6.40. The first-order chi connectivity index (χ1) is 8.15. The molecule has 0 aromatic heterocycles. The minimum Gasteiger partial charge on any atom is -0.397 e. The number of hydrogen-bond donors (Lipinski definition) is 2. The summed E-state index contributed by atoms with van der Waals surface area (Å²) < 4.78 is 43.8. The number of allylic oxidation sites excluding steroid dienone is 1. The Morgan fingerprint density at radius 2 is 1.89 bits per heavy atom. The molecule has 1 rings (SSSR count). The number of hydrogen-bond acceptors (Lipinski definition) is 2. The van der Waals surface area contributed by atoms with Gasteiger partial charge in [-0.1, -0.05) is 23.7 Å². The number of benzene rings is 1. The third-order valence-electron chi connectivity index (χ3n) is 1.52. The predicted molar refractivity (Wildman–Crippen MR) is 63.9 cm³/mol. The molecule has 0 saturated carbocycles. The molecule has 0 aliphatic carbocycles. The first-order valence-corrected chi connectivity index (χ1v) is 5.01. The number of nitrogens with two attached hydrogens (primary N) is 1. The molecule has 100 valence electrons. The molecule has 0 aliphatic rings. The third-order valence-corrected chi connectivity index (χ3v) is 1.83. The maximum Gasteiger partial charge on any atom is 0.386 e. The SMILES string of the molecule is CC(F)(F)F.N=C/C(Cl)=C(\N)c1cccc(F)c1. The van der Waals surface area contributed by atoms with E-state index in [0.29, 0.717) is 5.56 Å². The Labute approximate surface area is 107 Å². The maximum atomic E-state index is 12.7. The summed E-state index contributed by atoms with van der Waals surface area (Å²) in [5.41, 5.74) is 6.23. The number of rotatable bonds is 2. The van der Waals surface area contributed by atoms with Gasteiger partial charge in [0.15, 0.2) is 0 Å². The summed E-state index contributed by atoms with van der Waals surface area (Å²) in [4.78, 5) is 0. The first-order valence-electron chi connectivity index (χ1n) is 4.63. The van der Waals surface area contributed by atoms with E-state index in [1.807, 2.05) is 0 Å². The van der Waals surface area contributed by atoms with Crippen LogP contribution < -0.4 is 5.73 Å². The second kappa shape index (κ2) is 7.00. The molecule has 0 spiro atoms. The van der Waals surface area contributed by atoms with Gasteiger partial charge in [0.1, 0.15) is 5.82 Å². The number of alkyl halides is 3. The Morgan fingerprint density at radius 1 is 1.39 bits per heavy atom. The second-order valence-corrected chi connectivity index (χ2v) is 3.60. The Hall–Kier alpha value is -1.56. The molecular weight excluding hydrogens is 272 g/mol. The van der Waals surface area contributed by atoms with Crippen molar-refractivity contribution in [2.45, 2.75) is 13.1 Å². The molecule has 0 atom stereocenters. The molecule has 0 saturated heterocycles. The summed E-state index contributed by atoms with van der Waals surface area (Å²) in [5.74, 6) is -0.380. The van der Waals surface area contributed by atoms with Gasteiger partial charge in [-0.2, -0.15) is 13.2 Å². The van der Waals surface area contributed by atoms with Crippen molar-refractivity contribution in [1.29, 1.82) is 5.41 Å². The number of nitrogens with one attached hydrogen (secondary N) is 1. The van der Waals surface area contributed by atoms with Crippen molar-refractivity contribution >= 4 is 23.5 Å². The maximum absolute atomic E-state index is 12.7. The lowest BCUT2D eigenvalue weighted by atomic mass is 10.1. The van der Waals surface area contributed by atoms with Gasteiger partial charge in [0.05, 0.1) is 10.7 Å². The van der Waals surface area contributed by atoms with Crippen molar-refractivity contribution in [2.24, 2.45) is 5.73 Å². The molecule has 18 heavy (non-hydrogen) atoms. The van der Waals surface area contributed by atoms with Crippen LogP contribution in [0.2, 0.25) is 0 Å². The average molecular weight is 283 g/mol. The molecule has 1 aromatic carbocycles. The van der Waals surface area contributed by atoms with E-state index >= 15 is 0 Å². The highest BCUT2D eigenvalue weighted by Crippen LogP contribution is 2.15. The van der Waals surface area contributed by atoms with Crippen LogP contribution in [0.4, 0.5) is 17.6 Å². The zero-order valence-electron chi connectivity index (χ0n) is 9.35. The Balaban J connectivity index is 0.000000494. The van der Waals surface area contributed by atoms with Gasteiger partial charge in [-0.15, -0.1) is 0 Å². The summed E-state index contributed by atoms with van der Waals surface area (Å²) in [5, 5.41) is 6.96. The van der Waals surface area contributed by atoms with Crippen LogP contribution >= 0.6 is 11.6 Å². The summed E-state index contributed by atoms with van der Waals surface area (Å²) in [6, 6.07) is 5.74. The fraction of sp³-hybridized carbons (Fsp3) is 0.182. The summed E-state index contributed by atoms with van der Waals surface area (Å²) in [7, 11) is 0. The molecule has 0 fully saturated rings. The van der Waals surface area contributed by atoms with Crippen molar-refractivity contribution < 1.29 is 17.6 Å². The molecular formula is C11H11ClF4N2. The molecule has 0 aliphatic heterocycles. The molecule has 3 N–H and O–H groups in total.